The zero-order valence-corrected chi connectivity index (χ0v) is 16.9. The summed E-state index contributed by atoms with van der Waals surface area (Å²) in [6.07, 6.45) is 5.16. The number of amides is 1. The van der Waals surface area contributed by atoms with Gasteiger partial charge in [-0.2, -0.15) is 0 Å². The number of imidazole rings is 1. The minimum Gasteiger partial charge on any atom is -0.360 e. The summed E-state index contributed by atoms with van der Waals surface area (Å²) in [4.78, 5) is 21.4. The molecule has 1 aromatic carbocycles. The summed E-state index contributed by atoms with van der Waals surface area (Å²) >= 11 is 6.13. The van der Waals surface area contributed by atoms with Gasteiger partial charge in [0.05, 0.1) is 10.6 Å². The molecule has 0 fully saturated rings. The second-order valence-corrected chi connectivity index (χ2v) is 7.02. The van der Waals surface area contributed by atoms with Crippen molar-refractivity contribution >= 4 is 17.5 Å². The summed E-state index contributed by atoms with van der Waals surface area (Å²) < 4.78 is 21.3. The van der Waals surface area contributed by atoms with Crippen LogP contribution in [0.1, 0.15) is 27.5 Å². The lowest BCUT2D eigenvalue weighted by Crippen LogP contribution is -2.24. The lowest BCUT2D eigenvalue weighted by molar-refractivity contribution is 0.0950. The summed E-state index contributed by atoms with van der Waals surface area (Å²) in [6, 6.07) is 7.91. The van der Waals surface area contributed by atoms with Crippen molar-refractivity contribution < 1.29 is 13.7 Å². The van der Waals surface area contributed by atoms with Crippen molar-refractivity contribution in [3.8, 4) is 17.1 Å². The Bertz CT molecular complexity index is 1210. The Morgan fingerprint density at radius 1 is 1.23 bits per heavy atom. The molecule has 30 heavy (non-hydrogen) atoms. The van der Waals surface area contributed by atoms with Crippen LogP contribution in [0.5, 0.6) is 0 Å². The lowest BCUT2D eigenvalue weighted by Gasteiger charge is -2.09. The van der Waals surface area contributed by atoms with E-state index in [-0.39, 0.29) is 34.1 Å². The highest BCUT2D eigenvalue weighted by molar-refractivity contribution is 6.33. The van der Waals surface area contributed by atoms with E-state index in [0.29, 0.717) is 5.82 Å². The van der Waals surface area contributed by atoms with Gasteiger partial charge in [0.1, 0.15) is 34.5 Å². The Balaban J connectivity index is 1.58. The van der Waals surface area contributed by atoms with Crippen LogP contribution in [0.3, 0.4) is 0 Å². The zero-order chi connectivity index (χ0) is 21.3. The molecule has 0 aliphatic carbocycles. The molecule has 9 heteroatoms. The smallest absolute Gasteiger partial charge is 0.257 e. The number of hydrogen-bond acceptors (Lipinski definition) is 5. The maximum absolute atomic E-state index is 14.3. The van der Waals surface area contributed by atoms with Gasteiger partial charge in [-0.15, -0.1) is 0 Å². The van der Waals surface area contributed by atoms with Crippen molar-refractivity contribution in [3.05, 3.63) is 82.5 Å². The standard InChI is InChI=1S/C21H17ClFN5O2/c1-12-18(20(27-30-12)19-15(22)4-3-5-16(19)23)21(29)26-11-14-6-7-25-17(10-14)28-9-8-24-13(28)2/h3-10H,11H2,1-2H3,(H,26,29). The van der Waals surface area contributed by atoms with Gasteiger partial charge >= 0.3 is 0 Å². The molecule has 0 bridgehead atoms. The Hall–Kier alpha value is -3.52. The van der Waals surface area contributed by atoms with Gasteiger partial charge in [-0.25, -0.2) is 14.4 Å². The number of aromatic nitrogens is 4. The van der Waals surface area contributed by atoms with Crippen LogP contribution in [0.25, 0.3) is 17.1 Å². The fourth-order valence-corrected chi connectivity index (χ4v) is 3.38. The normalized spacial score (nSPS) is 10.9. The zero-order valence-electron chi connectivity index (χ0n) is 16.2. The summed E-state index contributed by atoms with van der Waals surface area (Å²) in [6.45, 7) is 3.70. The van der Waals surface area contributed by atoms with Gasteiger partial charge in [0, 0.05) is 25.1 Å². The van der Waals surface area contributed by atoms with Crippen LogP contribution < -0.4 is 5.32 Å². The second-order valence-electron chi connectivity index (χ2n) is 6.61. The minimum atomic E-state index is -0.584. The first kappa shape index (κ1) is 19.8. The number of halogens is 2. The van der Waals surface area contributed by atoms with E-state index in [1.165, 1.54) is 18.2 Å². The maximum Gasteiger partial charge on any atom is 0.257 e. The van der Waals surface area contributed by atoms with Crippen LogP contribution in [-0.2, 0) is 6.54 Å². The molecular weight excluding hydrogens is 409 g/mol. The van der Waals surface area contributed by atoms with Gasteiger partial charge in [0.25, 0.3) is 5.91 Å². The Kier molecular flexibility index (Phi) is 5.33. The Morgan fingerprint density at radius 2 is 2.07 bits per heavy atom. The van der Waals surface area contributed by atoms with Crippen molar-refractivity contribution in [1.82, 2.24) is 25.0 Å². The van der Waals surface area contributed by atoms with Crippen molar-refractivity contribution in [2.24, 2.45) is 0 Å². The second kappa shape index (κ2) is 8.08. The third-order valence-electron chi connectivity index (χ3n) is 4.62. The van der Waals surface area contributed by atoms with Gasteiger partial charge in [-0.3, -0.25) is 9.36 Å². The highest BCUT2D eigenvalue weighted by Crippen LogP contribution is 2.33. The number of benzene rings is 1. The first-order valence-corrected chi connectivity index (χ1v) is 9.47. The van der Waals surface area contributed by atoms with Crippen LogP contribution in [0.4, 0.5) is 4.39 Å². The van der Waals surface area contributed by atoms with E-state index in [1.807, 2.05) is 23.8 Å². The maximum atomic E-state index is 14.3. The SMILES string of the molecule is Cc1onc(-c2c(F)cccc2Cl)c1C(=O)NCc1ccnc(-n2ccnc2C)c1. The average molecular weight is 426 g/mol. The monoisotopic (exact) mass is 425 g/mol. The van der Waals surface area contributed by atoms with E-state index in [0.717, 1.165) is 11.4 Å². The van der Waals surface area contributed by atoms with Gasteiger partial charge in [0.15, 0.2) is 0 Å². The third kappa shape index (κ3) is 3.69. The van der Waals surface area contributed by atoms with Crippen molar-refractivity contribution in [2.75, 3.05) is 0 Å². The van der Waals surface area contributed by atoms with Crippen LogP contribution >= 0.6 is 11.6 Å². The molecule has 1 N–H and O–H groups in total. The van der Waals surface area contributed by atoms with Crippen molar-refractivity contribution in [1.29, 1.82) is 0 Å². The highest BCUT2D eigenvalue weighted by atomic mass is 35.5. The molecule has 0 saturated heterocycles. The molecule has 152 valence electrons. The number of carbonyl (C=O) groups excluding carboxylic acids is 1. The summed E-state index contributed by atoms with van der Waals surface area (Å²) in [5.74, 6) is 0.734. The first-order chi connectivity index (χ1) is 14.5. The Labute approximate surface area is 176 Å². The molecule has 4 rings (SSSR count). The number of nitrogens with one attached hydrogen (secondary N) is 1. The number of nitrogens with zero attached hydrogens (tertiary/aromatic N) is 4. The summed E-state index contributed by atoms with van der Waals surface area (Å²) in [7, 11) is 0. The van der Waals surface area contributed by atoms with E-state index in [4.69, 9.17) is 16.1 Å². The molecule has 3 heterocycles. The Morgan fingerprint density at radius 3 is 2.80 bits per heavy atom. The minimum absolute atomic E-state index is 0.0305. The number of aryl methyl sites for hydroxylation is 2. The van der Waals surface area contributed by atoms with E-state index in [9.17, 15) is 9.18 Å². The highest BCUT2D eigenvalue weighted by Gasteiger charge is 2.25. The van der Waals surface area contributed by atoms with E-state index in [1.54, 1.807) is 25.4 Å². The number of rotatable bonds is 5. The van der Waals surface area contributed by atoms with Crippen LogP contribution in [0.15, 0.2) is 53.4 Å². The van der Waals surface area contributed by atoms with Crippen LogP contribution in [-0.4, -0.2) is 25.6 Å². The summed E-state index contributed by atoms with van der Waals surface area (Å²) in [5, 5.41) is 6.83. The van der Waals surface area contributed by atoms with Crippen molar-refractivity contribution in [2.45, 2.75) is 20.4 Å². The quantitative estimate of drug-likeness (QED) is 0.516. The topological polar surface area (TPSA) is 85.8 Å². The molecule has 0 saturated carbocycles. The molecule has 4 aromatic rings. The molecule has 3 aromatic heterocycles. The number of hydrogen-bond donors (Lipinski definition) is 1. The third-order valence-corrected chi connectivity index (χ3v) is 4.94. The van der Waals surface area contributed by atoms with Gasteiger partial charge in [-0.1, -0.05) is 22.8 Å². The molecule has 0 spiro atoms. The van der Waals surface area contributed by atoms with E-state index in [2.05, 4.69) is 20.4 Å². The predicted octanol–water partition coefficient (Wildman–Crippen LogP) is 4.26. The molecule has 0 atom stereocenters. The molecule has 1 amide bonds. The largest absolute Gasteiger partial charge is 0.360 e. The predicted molar refractivity (Wildman–Crippen MR) is 109 cm³/mol. The molecule has 0 radical (unpaired) electrons. The van der Waals surface area contributed by atoms with Gasteiger partial charge < -0.3 is 9.84 Å². The summed E-state index contributed by atoms with van der Waals surface area (Å²) in [5.41, 5.74) is 1.07. The van der Waals surface area contributed by atoms with E-state index < -0.39 is 11.7 Å². The first-order valence-electron chi connectivity index (χ1n) is 9.10. The number of carbonyl (C=O) groups is 1. The van der Waals surface area contributed by atoms with Gasteiger partial charge in [0.2, 0.25) is 0 Å². The molecule has 7 nitrogen and oxygen atoms in total. The lowest BCUT2D eigenvalue weighted by atomic mass is 10.0. The van der Waals surface area contributed by atoms with Crippen molar-refractivity contribution in [3.63, 3.8) is 0 Å². The van der Waals surface area contributed by atoms with Crippen LogP contribution in [0.2, 0.25) is 5.02 Å². The average Bonchev–Trinajstić information content (AvgIpc) is 3.32. The van der Waals surface area contributed by atoms with E-state index >= 15 is 0 Å². The molecule has 0 unspecified atom stereocenters. The van der Waals surface area contributed by atoms with Gasteiger partial charge in [-0.05, 0) is 43.7 Å². The fraction of sp³-hybridized carbons (Fsp3) is 0.143. The molecule has 0 aliphatic rings. The molecule has 0 aliphatic heterocycles. The number of pyridine rings is 1. The van der Waals surface area contributed by atoms with Crippen LogP contribution in [0, 0.1) is 19.7 Å². The molecular formula is C21H17ClFN5O2. The fourth-order valence-electron chi connectivity index (χ4n) is 3.13.